The number of ether oxygens (including phenoxy) is 1. The van der Waals surface area contributed by atoms with Crippen molar-refractivity contribution in [3.05, 3.63) is 46.7 Å². The van der Waals surface area contributed by atoms with Gasteiger partial charge in [-0.15, -0.1) is 0 Å². The molecule has 1 N–H and O–H groups in total. The molecule has 1 unspecified atom stereocenters. The maximum atomic E-state index is 5.42. The molecule has 112 valence electrons. The standard InChI is InChI=1S/C17H22N2OS/c1-18-17(12-19-7-9-20-10-8-19)15-4-2-14(3-5-15)16-6-11-21-13-16/h2-6,11,13,17-18H,7-10,12H2,1H3. The van der Waals surface area contributed by atoms with Crippen molar-refractivity contribution < 1.29 is 4.74 Å². The summed E-state index contributed by atoms with van der Waals surface area (Å²) in [4.78, 5) is 2.47. The Morgan fingerprint density at radius 3 is 2.52 bits per heavy atom. The number of likely N-dealkylation sites (N-methyl/N-ethyl adjacent to an activating group) is 1. The Morgan fingerprint density at radius 2 is 1.90 bits per heavy atom. The summed E-state index contributed by atoms with van der Waals surface area (Å²) in [6, 6.07) is 11.5. The fraction of sp³-hybridized carbons (Fsp3) is 0.412. The van der Waals surface area contributed by atoms with Crippen LogP contribution in [0.1, 0.15) is 11.6 Å². The summed E-state index contributed by atoms with van der Waals surface area (Å²) in [6.45, 7) is 4.81. The van der Waals surface area contributed by atoms with Crippen molar-refractivity contribution in [1.82, 2.24) is 10.2 Å². The fourth-order valence-corrected chi connectivity index (χ4v) is 3.41. The minimum Gasteiger partial charge on any atom is -0.379 e. The highest BCUT2D eigenvalue weighted by molar-refractivity contribution is 7.08. The Balaban J connectivity index is 1.68. The van der Waals surface area contributed by atoms with E-state index in [1.165, 1.54) is 16.7 Å². The van der Waals surface area contributed by atoms with Crippen molar-refractivity contribution >= 4 is 11.3 Å². The van der Waals surface area contributed by atoms with Gasteiger partial charge in [0.2, 0.25) is 0 Å². The van der Waals surface area contributed by atoms with Gasteiger partial charge in [-0.2, -0.15) is 11.3 Å². The van der Waals surface area contributed by atoms with Crippen molar-refractivity contribution in [2.24, 2.45) is 0 Å². The van der Waals surface area contributed by atoms with Crippen LogP contribution in [0.15, 0.2) is 41.1 Å². The second-order valence-electron chi connectivity index (χ2n) is 5.39. The van der Waals surface area contributed by atoms with Crippen LogP contribution in [-0.2, 0) is 4.74 Å². The van der Waals surface area contributed by atoms with Crippen molar-refractivity contribution in [2.75, 3.05) is 39.9 Å². The lowest BCUT2D eigenvalue weighted by Gasteiger charge is -2.30. The molecule has 0 aliphatic carbocycles. The molecule has 0 bridgehead atoms. The number of nitrogens with zero attached hydrogens (tertiary/aromatic N) is 1. The fourth-order valence-electron chi connectivity index (χ4n) is 2.74. The molecule has 0 saturated carbocycles. The van der Waals surface area contributed by atoms with Crippen LogP contribution in [0.3, 0.4) is 0 Å². The van der Waals surface area contributed by atoms with Crippen LogP contribution in [-0.4, -0.2) is 44.8 Å². The number of hydrogen-bond acceptors (Lipinski definition) is 4. The first kappa shape index (κ1) is 14.7. The summed E-state index contributed by atoms with van der Waals surface area (Å²) >= 11 is 1.74. The molecule has 2 heterocycles. The van der Waals surface area contributed by atoms with Gasteiger partial charge in [-0.25, -0.2) is 0 Å². The van der Waals surface area contributed by atoms with Crippen LogP contribution < -0.4 is 5.32 Å². The van der Waals surface area contributed by atoms with Crippen LogP contribution in [0.25, 0.3) is 11.1 Å². The van der Waals surface area contributed by atoms with E-state index in [0.717, 1.165) is 32.8 Å². The molecule has 2 aromatic rings. The molecule has 4 heteroatoms. The van der Waals surface area contributed by atoms with Crippen LogP contribution >= 0.6 is 11.3 Å². The lowest BCUT2D eigenvalue weighted by atomic mass is 10.0. The topological polar surface area (TPSA) is 24.5 Å². The number of thiophene rings is 1. The van der Waals surface area contributed by atoms with Gasteiger partial charge in [0.15, 0.2) is 0 Å². The SMILES string of the molecule is CNC(CN1CCOCC1)c1ccc(-c2ccsc2)cc1. The normalized spacial score (nSPS) is 17.8. The van der Waals surface area contributed by atoms with E-state index in [0.29, 0.717) is 6.04 Å². The average molecular weight is 302 g/mol. The monoisotopic (exact) mass is 302 g/mol. The summed E-state index contributed by atoms with van der Waals surface area (Å²) in [5, 5.41) is 7.76. The maximum absolute atomic E-state index is 5.42. The summed E-state index contributed by atoms with van der Waals surface area (Å²) in [7, 11) is 2.04. The number of morpholine rings is 1. The van der Waals surface area contributed by atoms with E-state index in [9.17, 15) is 0 Å². The van der Waals surface area contributed by atoms with Gasteiger partial charge in [0.05, 0.1) is 13.2 Å². The highest BCUT2D eigenvalue weighted by Crippen LogP contribution is 2.24. The molecule has 1 fully saturated rings. The largest absolute Gasteiger partial charge is 0.379 e. The van der Waals surface area contributed by atoms with Gasteiger partial charge in [-0.3, -0.25) is 4.90 Å². The molecule has 3 nitrogen and oxygen atoms in total. The number of nitrogens with one attached hydrogen (secondary N) is 1. The molecular weight excluding hydrogens is 280 g/mol. The van der Waals surface area contributed by atoms with Crippen LogP contribution in [0.5, 0.6) is 0 Å². The van der Waals surface area contributed by atoms with Crippen LogP contribution in [0.2, 0.25) is 0 Å². The third kappa shape index (κ3) is 3.71. The zero-order chi connectivity index (χ0) is 14.5. The van der Waals surface area contributed by atoms with Crippen molar-refractivity contribution in [3.8, 4) is 11.1 Å². The molecule has 0 radical (unpaired) electrons. The quantitative estimate of drug-likeness (QED) is 0.919. The lowest BCUT2D eigenvalue weighted by Crippen LogP contribution is -2.41. The minimum absolute atomic E-state index is 0.375. The van der Waals surface area contributed by atoms with E-state index < -0.39 is 0 Å². The van der Waals surface area contributed by atoms with Gasteiger partial charge in [0.1, 0.15) is 0 Å². The third-order valence-corrected chi connectivity index (χ3v) is 4.74. The Morgan fingerprint density at radius 1 is 1.14 bits per heavy atom. The number of rotatable bonds is 5. The van der Waals surface area contributed by atoms with Gasteiger partial charge in [-0.1, -0.05) is 24.3 Å². The molecule has 1 aliphatic rings. The van der Waals surface area contributed by atoms with Gasteiger partial charge < -0.3 is 10.1 Å². The van der Waals surface area contributed by atoms with Gasteiger partial charge in [0.25, 0.3) is 0 Å². The summed E-state index contributed by atoms with van der Waals surface area (Å²) in [5.41, 5.74) is 3.95. The highest BCUT2D eigenvalue weighted by Gasteiger charge is 2.16. The molecule has 1 aliphatic heterocycles. The number of benzene rings is 1. The highest BCUT2D eigenvalue weighted by atomic mass is 32.1. The van der Waals surface area contributed by atoms with Gasteiger partial charge in [-0.05, 0) is 40.6 Å². The molecule has 3 rings (SSSR count). The van der Waals surface area contributed by atoms with E-state index in [-0.39, 0.29) is 0 Å². The molecular formula is C17H22N2OS. The first-order chi connectivity index (χ1) is 10.4. The van der Waals surface area contributed by atoms with E-state index in [2.05, 4.69) is 51.3 Å². The molecule has 1 atom stereocenters. The molecule has 1 aromatic carbocycles. The summed E-state index contributed by atoms with van der Waals surface area (Å²) < 4.78 is 5.42. The summed E-state index contributed by atoms with van der Waals surface area (Å²) in [6.07, 6.45) is 0. The zero-order valence-electron chi connectivity index (χ0n) is 12.4. The first-order valence-electron chi connectivity index (χ1n) is 7.47. The smallest absolute Gasteiger partial charge is 0.0594 e. The van der Waals surface area contributed by atoms with E-state index in [1.54, 1.807) is 11.3 Å². The molecule has 0 amide bonds. The predicted molar refractivity (Wildman–Crippen MR) is 88.8 cm³/mol. The Labute approximate surface area is 130 Å². The predicted octanol–water partition coefficient (Wildman–Crippen LogP) is 3.01. The first-order valence-corrected chi connectivity index (χ1v) is 8.41. The Bertz CT molecular complexity index is 532. The third-order valence-electron chi connectivity index (χ3n) is 4.06. The summed E-state index contributed by atoms with van der Waals surface area (Å²) in [5.74, 6) is 0. The average Bonchev–Trinajstić information content (AvgIpc) is 3.08. The molecule has 1 aromatic heterocycles. The van der Waals surface area contributed by atoms with Gasteiger partial charge in [0, 0.05) is 25.7 Å². The van der Waals surface area contributed by atoms with E-state index in [1.807, 2.05) is 7.05 Å². The van der Waals surface area contributed by atoms with Gasteiger partial charge >= 0.3 is 0 Å². The lowest BCUT2D eigenvalue weighted by molar-refractivity contribution is 0.0338. The van der Waals surface area contributed by atoms with Crippen LogP contribution in [0.4, 0.5) is 0 Å². The van der Waals surface area contributed by atoms with E-state index >= 15 is 0 Å². The molecule has 1 saturated heterocycles. The molecule has 21 heavy (non-hydrogen) atoms. The number of hydrogen-bond donors (Lipinski definition) is 1. The minimum atomic E-state index is 0.375. The van der Waals surface area contributed by atoms with Crippen molar-refractivity contribution in [2.45, 2.75) is 6.04 Å². The molecule has 0 spiro atoms. The maximum Gasteiger partial charge on any atom is 0.0594 e. The van der Waals surface area contributed by atoms with Crippen molar-refractivity contribution in [3.63, 3.8) is 0 Å². The Kier molecular flexibility index (Phi) is 5.04. The van der Waals surface area contributed by atoms with Crippen LogP contribution in [0, 0.1) is 0 Å². The second kappa shape index (κ2) is 7.18. The Hall–Kier alpha value is -1.20. The second-order valence-corrected chi connectivity index (χ2v) is 6.17. The van der Waals surface area contributed by atoms with E-state index in [4.69, 9.17) is 4.74 Å². The zero-order valence-corrected chi connectivity index (χ0v) is 13.2. The van der Waals surface area contributed by atoms with Crippen molar-refractivity contribution in [1.29, 1.82) is 0 Å².